The van der Waals surface area contributed by atoms with Gasteiger partial charge in [-0.1, -0.05) is 0 Å². The number of carbonyl (C=O) groups excluding carboxylic acids is 1. The number of aliphatic hydroxyl groups excluding tert-OH is 1. The molecule has 0 fully saturated rings. The molecular formula is C11H15NO2S. The lowest BCUT2D eigenvalue weighted by Gasteiger charge is -2.05. The minimum absolute atomic E-state index is 0.0700. The van der Waals surface area contributed by atoms with E-state index >= 15 is 0 Å². The maximum absolute atomic E-state index is 10.8. The van der Waals surface area contributed by atoms with Crippen LogP contribution in [0.3, 0.4) is 0 Å². The summed E-state index contributed by atoms with van der Waals surface area (Å²) in [5, 5.41) is 11.8. The van der Waals surface area contributed by atoms with Crippen molar-refractivity contribution in [3.8, 4) is 0 Å². The van der Waals surface area contributed by atoms with E-state index in [0.717, 1.165) is 10.6 Å². The van der Waals surface area contributed by atoms with E-state index in [-0.39, 0.29) is 12.0 Å². The highest BCUT2D eigenvalue weighted by molar-refractivity contribution is 7.99. The number of amides is 1. The standard InChI is InChI=1S/C11H15NO2S/c1-8(13)7-15-11-5-3-10(4-6-11)12-9(2)14/h3-6,8,13H,7H2,1-2H3,(H,12,14)/t8-/m1/s1. The fraction of sp³-hybridized carbons (Fsp3) is 0.364. The molecule has 82 valence electrons. The van der Waals surface area contributed by atoms with Crippen LogP contribution in [0, 0.1) is 0 Å². The molecule has 0 spiro atoms. The minimum atomic E-state index is -0.301. The Bertz CT molecular complexity index is 322. The summed E-state index contributed by atoms with van der Waals surface area (Å²) in [6, 6.07) is 7.56. The van der Waals surface area contributed by atoms with Crippen LogP contribution < -0.4 is 5.32 Å². The Morgan fingerprint density at radius 2 is 2.07 bits per heavy atom. The lowest BCUT2D eigenvalue weighted by Crippen LogP contribution is -2.05. The third-order valence-electron chi connectivity index (χ3n) is 1.67. The van der Waals surface area contributed by atoms with Crippen molar-refractivity contribution < 1.29 is 9.90 Å². The van der Waals surface area contributed by atoms with Crippen molar-refractivity contribution in [1.82, 2.24) is 0 Å². The summed E-state index contributed by atoms with van der Waals surface area (Å²) in [7, 11) is 0. The quantitative estimate of drug-likeness (QED) is 0.772. The van der Waals surface area contributed by atoms with Gasteiger partial charge in [-0.15, -0.1) is 11.8 Å². The van der Waals surface area contributed by atoms with Gasteiger partial charge in [0.1, 0.15) is 0 Å². The van der Waals surface area contributed by atoms with E-state index < -0.39 is 0 Å². The van der Waals surface area contributed by atoms with Crippen LogP contribution in [-0.2, 0) is 4.79 Å². The van der Waals surface area contributed by atoms with Crippen LogP contribution in [0.5, 0.6) is 0 Å². The summed E-state index contributed by atoms with van der Waals surface area (Å²) in [6.07, 6.45) is -0.301. The average molecular weight is 225 g/mol. The van der Waals surface area contributed by atoms with E-state index in [0.29, 0.717) is 5.75 Å². The molecule has 0 aliphatic carbocycles. The molecule has 1 atom stereocenters. The fourth-order valence-corrected chi connectivity index (χ4v) is 1.82. The van der Waals surface area contributed by atoms with Gasteiger partial charge in [0.25, 0.3) is 0 Å². The fourth-order valence-electron chi connectivity index (χ4n) is 1.05. The van der Waals surface area contributed by atoms with Crippen molar-refractivity contribution in [2.45, 2.75) is 24.8 Å². The number of rotatable bonds is 4. The zero-order valence-electron chi connectivity index (χ0n) is 8.86. The van der Waals surface area contributed by atoms with Crippen LogP contribution in [0.15, 0.2) is 29.2 Å². The molecule has 0 bridgehead atoms. The van der Waals surface area contributed by atoms with Gasteiger partial charge in [0.2, 0.25) is 5.91 Å². The highest BCUT2D eigenvalue weighted by Gasteiger charge is 1.99. The monoisotopic (exact) mass is 225 g/mol. The van der Waals surface area contributed by atoms with Crippen LogP contribution in [0.1, 0.15) is 13.8 Å². The lowest BCUT2D eigenvalue weighted by atomic mass is 10.3. The molecule has 0 saturated heterocycles. The lowest BCUT2D eigenvalue weighted by molar-refractivity contribution is -0.114. The van der Waals surface area contributed by atoms with Crippen molar-refractivity contribution in [3.63, 3.8) is 0 Å². The Morgan fingerprint density at radius 1 is 1.47 bits per heavy atom. The van der Waals surface area contributed by atoms with Gasteiger partial charge in [-0.25, -0.2) is 0 Å². The molecule has 4 heteroatoms. The summed E-state index contributed by atoms with van der Waals surface area (Å²) < 4.78 is 0. The number of aliphatic hydroxyl groups is 1. The van der Waals surface area contributed by atoms with Gasteiger partial charge < -0.3 is 10.4 Å². The van der Waals surface area contributed by atoms with Crippen LogP contribution >= 0.6 is 11.8 Å². The van der Waals surface area contributed by atoms with Crippen LogP contribution in [-0.4, -0.2) is 22.9 Å². The van der Waals surface area contributed by atoms with E-state index in [1.165, 1.54) is 6.92 Å². The Morgan fingerprint density at radius 3 is 2.53 bits per heavy atom. The molecule has 0 aromatic heterocycles. The number of nitrogens with one attached hydrogen (secondary N) is 1. The third kappa shape index (κ3) is 4.85. The third-order valence-corrected chi connectivity index (χ3v) is 2.92. The molecule has 1 rings (SSSR count). The highest BCUT2D eigenvalue weighted by Crippen LogP contribution is 2.20. The topological polar surface area (TPSA) is 49.3 Å². The number of anilines is 1. The normalized spacial score (nSPS) is 12.2. The van der Waals surface area contributed by atoms with Gasteiger partial charge in [0, 0.05) is 23.3 Å². The molecule has 15 heavy (non-hydrogen) atoms. The predicted octanol–water partition coefficient (Wildman–Crippen LogP) is 2.12. The van der Waals surface area contributed by atoms with Crippen molar-refractivity contribution >= 4 is 23.4 Å². The second-order valence-corrected chi connectivity index (χ2v) is 4.46. The number of carbonyl (C=O) groups is 1. The SMILES string of the molecule is CC(=O)Nc1ccc(SC[C@@H](C)O)cc1. The maximum Gasteiger partial charge on any atom is 0.221 e. The van der Waals surface area contributed by atoms with E-state index in [1.54, 1.807) is 18.7 Å². The summed E-state index contributed by atoms with van der Waals surface area (Å²) in [5.74, 6) is 0.610. The summed E-state index contributed by atoms with van der Waals surface area (Å²) in [5.41, 5.74) is 0.795. The molecule has 0 radical (unpaired) electrons. The van der Waals surface area contributed by atoms with Gasteiger partial charge in [-0.2, -0.15) is 0 Å². The molecule has 2 N–H and O–H groups in total. The molecule has 3 nitrogen and oxygen atoms in total. The van der Waals surface area contributed by atoms with Gasteiger partial charge in [-0.3, -0.25) is 4.79 Å². The van der Waals surface area contributed by atoms with Crippen LogP contribution in [0.2, 0.25) is 0 Å². The molecule has 0 aliphatic rings. The van der Waals surface area contributed by atoms with E-state index in [1.807, 2.05) is 24.3 Å². The zero-order chi connectivity index (χ0) is 11.3. The molecule has 0 heterocycles. The molecular weight excluding hydrogens is 210 g/mol. The summed E-state index contributed by atoms with van der Waals surface area (Å²) in [4.78, 5) is 11.9. The second-order valence-electron chi connectivity index (χ2n) is 3.37. The Labute approximate surface area is 93.9 Å². The first-order valence-corrected chi connectivity index (χ1v) is 5.75. The minimum Gasteiger partial charge on any atom is -0.393 e. The van der Waals surface area contributed by atoms with Gasteiger partial charge in [-0.05, 0) is 31.2 Å². The van der Waals surface area contributed by atoms with Crippen molar-refractivity contribution in [3.05, 3.63) is 24.3 Å². The van der Waals surface area contributed by atoms with Crippen molar-refractivity contribution in [1.29, 1.82) is 0 Å². The van der Waals surface area contributed by atoms with Crippen molar-refractivity contribution in [2.75, 3.05) is 11.1 Å². The molecule has 0 aliphatic heterocycles. The first-order valence-electron chi connectivity index (χ1n) is 4.76. The highest BCUT2D eigenvalue weighted by atomic mass is 32.2. The first-order chi connectivity index (χ1) is 7.08. The van der Waals surface area contributed by atoms with Gasteiger partial charge in [0.15, 0.2) is 0 Å². The Balaban J connectivity index is 2.52. The van der Waals surface area contributed by atoms with Crippen molar-refractivity contribution in [2.24, 2.45) is 0 Å². The molecule has 1 aromatic rings. The summed E-state index contributed by atoms with van der Waals surface area (Å²) >= 11 is 1.59. The predicted molar refractivity (Wildman–Crippen MR) is 63.2 cm³/mol. The Hall–Kier alpha value is -1.00. The number of hydrogen-bond donors (Lipinski definition) is 2. The average Bonchev–Trinajstić information content (AvgIpc) is 2.16. The number of benzene rings is 1. The van der Waals surface area contributed by atoms with Crippen LogP contribution in [0.4, 0.5) is 5.69 Å². The first kappa shape index (κ1) is 12.1. The molecule has 0 saturated carbocycles. The second kappa shape index (κ2) is 5.78. The number of thioether (sulfide) groups is 1. The van der Waals surface area contributed by atoms with Gasteiger partial charge >= 0.3 is 0 Å². The summed E-state index contributed by atoms with van der Waals surface area (Å²) in [6.45, 7) is 3.24. The smallest absolute Gasteiger partial charge is 0.221 e. The number of hydrogen-bond acceptors (Lipinski definition) is 3. The van der Waals surface area contributed by atoms with E-state index in [2.05, 4.69) is 5.32 Å². The van der Waals surface area contributed by atoms with E-state index in [9.17, 15) is 4.79 Å². The van der Waals surface area contributed by atoms with Gasteiger partial charge in [0.05, 0.1) is 6.10 Å². The molecule has 1 aromatic carbocycles. The Kier molecular flexibility index (Phi) is 4.65. The zero-order valence-corrected chi connectivity index (χ0v) is 9.67. The largest absolute Gasteiger partial charge is 0.393 e. The molecule has 1 amide bonds. The molecule has 0 unspecified atom stereocenters. The maximum atomic E-state index is 10.8. The van der Waals surface area contributed by atoms with E-state index in [4.69, 9.17) is 5.11 Å². The van der Waals surface area contributed by atoms with Crippen LogP contribution in [0.25, 0.3) is 0 Å².